The van der Waals surface area contributed by atoms with Crippen LogP contribution in [0.5, 0.6) is 11.5 Å². The number of aromatic nitrogens is 2. The number of H-pyrrole nitrogens is 2. The number of carbonyl (C=O) groups is 2. The first-order chi connectivity index (χ1) is 15.7. The first kappa shape index (κ1) is 23.6. The Labute approximate surface area is 188 Å². The van der Waals surface area contributed by atoms with Gasteiger partial charge in [-0.1, -0.05) is 24.3 Å². The number of carboxylic acids is 2. The molecule has 0 aliphatic heterocycles. The van der Waals surface area contributed by atoms with Gasteiger partial charge in [-0.25, -0.2) is 0 Å². The van der Waals surface area contributed by atoms with E-state index >= 15 is 0 Å². The Morgan fingerprint density at radius 1 is 0.879 bits per heavy atom. The van der Waals surface area contributed by atoms with Crippen LogP contribution in [0.3, 0.4) is 0 Å². The van der Waals surface area contributed by atoms with Crippen LogP contribution in [0, 0.1) is 0 Å². The van der Waals surface area contributed by atoms with Crippen molar-refractivity contribution >= 4 is 33.7 Å². The normalized spacial score (nSPS) is 12.7. The number of hydrogen-bond acceptors (Lipinski definition) is 6. The van der Waals surface area contributed by atoms with E-state index in [-0.39, 0.29) is 12.2 Å². The number of phenolic OH excluding ortho intramolecular Hbond substituents is 1. The van der Waals surface area contributed by atoms with Gasteiger partial charge in [-0.05, 0) is 23.3 Å². The van der Waals surface area contributed by atoms with Gasteiger partial charge in [-0.2, -0.15) is 0 Å². The first-order valence-electron chi connectivity index (χ1n) is 10.1. The van der Waals surface area contributed by atoms with Gasteiger partial charge in [0.2, 0.25) is 0 Å². The Bertz CT molecular complexity index is 1280. The first-order valence-corrected chi connectivity index (χ1v) is 10.1. The molecule has 0 aliphatic rings. The summed E-state index contributed by atoms with van der Waals surface area (Å²) in [6, 6.07) is 8.90. The summed E-state index contributed by atoms with van der Waals surface area (Å²) in [5, 5.41) is 28.8. The molecule has 33 heavy (non-hydrogen) atoms. The van der Waals surface area contributed by atoms with Crippen LogP contribution in [0.1, 0.15) is 11.1 Å². The number of nitrogens with one attached hydrogen (secondary N) is 2. The van der Waals surface area contributed by atoms with Crippen molar-refractivity contribution in [3.05, 3.63) is 59.9 Å². The maximum Gasteiger partial charge on any atom is 0.320 e. The van der Waals surface area contributed by atoms with Crippen molar-refractivity contribution in [2.24, 2.45) is 11.5 Å². The van der Waals surface area contributed by atoms with Crippen LogP contribution in [-0.4, -0.2) is 56.4 Å². The summed E-state index contributed by atoms with van der Waals surface area (Å²) in [6.45, 7) is 0. The standard InChI is InChI=1S/C12H14N2O3.C11H12N2O3/c1-17-10-4-2-3-8-7(6-14-11(8)10)5-9(13)12(15)16;12-8(11(15)16)4-6-5-13-10-7(6)2-1-3-9(10)14/h2-4,6,9,14H,5,13H2,1H3,(H,15,16);1-3,5,8,13-14H,4,12H2,(H,15,16). The van der Waals surface area contributed by atoms with E-state index in [2.05, 4.69) is 9.97 Å². The van der Waals surface area contributed by atoms with Crippen molar-refractivity contribution < 1.29 is 29.6 Å². The Morgan fingerprint density at radius 2 is 1.36 bits per heavy atom. The van der Waals surface area contributed by atoms with Crippen molar-refractivity contribution in [1.29, 1.82) is 0 Å². The number of methoxy groups -OCH3 is 1. The Morgan fingerprint density at radius 3 is 1.88 bits per heavy atom. The predicted molar refractivity (Wildman–Crippen MR) is 123 cm³/mol. The summed E-state index contributed by atoms with van der Waals surface area (Å²) in [6.07, 6.45) is 3.98. The van der Waals surface area contributed by atoms with Gasteiger partial charge in [-0.15, -0.1) is 0 Å². The fourth-order valence-corrected chi connectivity index (χ4v) is 3.54. The number of nitrogens with two attached hydrogens (primary N) is 2. The molecule has 0 fully saturated rings. The lowest BCUT2D eigenvalue weighted by Crippen LogP contribution is -2.32. The molecule has 0 aliphatic carbocycles. The van der Waals surface area contributed by atoms with Gasteiger partial charge in [0.15, 0.2) is 0 Å². The number of rotatable bonds is 7. The number of benzene rings is 2. The van der Waals surface area contributed by atoms with E-state index < -0.39 is 24.0 Å². The van der Waals surface area contributed by atoms with Gasteiger partial charge in [-0.3, -0.25) is 9.59 Å². The topological polar surface area (TPSA) is 188 Å². The van der Waals surface area contributed by atoms with E-state index in [9.17, 15) is 14.7 Å². The molecule has 2 heterocycles. The highest BCUT2D eigenvalue weighted by Crippen LogP contribution is 2.28. The Balaban J connectivity index is 0.000000186. The number of para-hydroxylation sites is 2. The molecule has 2 aromatic heterocycles. The molecule has 0 radical (unpaired) electrons. The number of carboxylic acid groups (broad SMARTS) is 2. The predicted octanol–water partition coefficient (Wildman–Crippen LogP) is 1.96. The third-order valence-electron chi connectivity index (χ3n) is 5.28. The molecule has 174 valence electrons. The Kier molecular flexibility index (Phi) is 7.21. The lowest BCUT2D eigenvalue weighted by atomic mass is 10.1. The van der Waals surface area contributed by atoms with Crippen molar-refractivity contribution in [1.82, 2.24) is 9.97 Å². The van der Waals surface area contributed by atoms with Gasteiger partial charge in [0.05, 0.1) is 18.1 Å². The van der Waals surface area contributed by atoms with Crippen LogP contribution in [-0.2, 0) is 22.4 Å². The van der Waals surface area contributed by atoms with E-state index in [0.717, 1.165) is 33.2 Å². The molecule has 0 bridgehead atoms. The molecule has 4 rings (SSSR count). The monoisotopic (exact) mass is 454 g/mol. The van der Waals surface area contributed by atoms with Crippen LogP contribution in [0.25, 0.3) is 21.8 Å². The molecular weight excluding hydrogens is 428 g/mol. The smallest absolute Gasteiger partial charge is 0.320 e. The van der Waals surface area contributed by atoms with Crippen LogP contribution in [0.15, 0.2) is 48.8 Å². The molecule has 2 aromatic carbocycles. The molecule has 10 nitrogen and oxygen atoms in total. The third-order valence-corrected chi connectivity index (χ3v) is 5.28. The molecular formula is C23H26N4O6. The van der Waals surface area contributed by atoms with Crippen molar-refractivity contribution in [2.75, 3.05) is 7.11 Å². The van der Waals surface area contributed by atoms with Gasteiger partial charge in [0.25, 0.3) is 0 Å². The fraction of sp³-hybridized carbons (Fsp3) is 0.217. The van der Waals surface area contributed by atoms with Gasteiger partial charge in [0.1, 0.15) is 23.6 Å². The number of ether oxygens (including phenoxy) is 1. The molecule has 0 saturated heterocycles. The van der Waals surface area contributed by atoms with Crippen molar-refractivity contribution in [3.63, 3.8) is 0 Å². The van der Waals surface area contributed by atoms with Crippen LogP contribution < -0.4 is 16.2 Å². The van der Waals surface area contributed by atoms with Crippen molar-refractivity contribution in [3.8, 4) is 11.5 Å². The molecule has 10 heteroatoms. The zero-order valence-corrected chi connectivity index (χ0v) is 17.9. The fourth-order valence-electron chi connectivity index (χ4n) is 3.54. The lowest BCUT2D eigenvalue weighted by molar-refractivity contribution is -0.139. The summed E-state index contributed by atoms with van der Waals surface area (Å²) in [5.41, 5.74) is 14.1. The van der Waals surface area contributed by atoms with Crippen LogP contribution in [0.2, 0.25) is 0 Å². The molecule has 0 saturated carbocycles. The zero-order chi connectivity index (χ0) is 24.1. The lowest BCUT2D eigenvalue weighted by Gasteiger charge is -2.05. The third kappa shape index (κ3) is 5.25. The molecule has 0 amide bonds. The number of fused-ring (bicyclic) bond motifs is 2. The number of aliphatic carboxylic acids is 2. The second kappa shape index (κ2) is 10.1. The van der Waals surface area contributed by atoms with E-state index in [1.807, 2.05) is 24.3 Å². The summed E-state index contributed by atoms with van der Waals surface area (Å²) in [7, 11) is 1.60. The highest BCUT2D eigenvalue weighted by molar-refractivity contribution is 5.89. The molecule has 4 aromatic rings. The average molecular weight is 454 g/mol. The molecule has 9 N–H and O–H groups in total. The van der Waals surface area contributed by atoms with Gasteiger partial charge >= 0.3 is 11.9 Å². The zero-order valence-electron chi connectivity index (χ0n) is 17.9. The largest absolute Gasteiger partial charge is 0.506 e. The number of phenols is 1. The average Bonchev–Trinajstić information content (AvgIpc) is 3.39. The maximum absolute atomic E-state index is 10.7. The van der Waals surface area contributed by atoms with E-state index in [1.54, 1.807) is 31.6 Å². The number of hydrogen-bond donors (Lipinski definition) is 7. The summed E-state index contributed by atoms with van der Waals surface area (Å²) >= 11 is 0. The highest BCUT2D eigenvalue weighted by Gasteiger charge is 2.16. The second-order valence-corrected chi connectivity index (χ2v) is 7.51. The minimum Gasteiger partial charge on any atom is -0.506 e. The van der Waals surface area contributed by atoms with E-state index in [1.165, 1.54) is 0 Å². The minimum atomic E-state index is -1.03. The molecule has 2 atom stereocenters. The number of aromatic amines is 2. The SMILES string of the molecule is COc1cccc2c(CC(N)C(=O)O)c[nH]c12.NC(Cc1c[nH]c2c(O)cccc12)C(=O)O. The van der Waals surface area contributed by atoms with Crippen molar-refractivity contribution in [2.45, 2.75) is 24.9 Å². The second-order valence-electron chi connectivity index (χ2n) is 7.51. The van der Waals surface area contributed by atoms with E-state index in [4.69, 9.17) is 26.4 Å². The summed E-state index contributed by atoms with van der Waals surface area (Å²) in [5.74, 6) is -1.15. The molecule has 0 spiro atoms. The highest BCUT2D eigenvalue weighted by atomic mass is 16.5. The summed E-state index contributed by atoms with van der Waals surface area (Å²) in [4.78, 5) is 27.3. The Hall–Kier alpha value is -4.02. The van der Waals surface area contributed by atoms with Crippen LogP contribution in [0.4, 0.5) is 0 Å². The quantitative estimate of drug-likeness (QED) is 0.221. The maximum atomic E-state index is 10.7. The minimum absolute atomic E-state index is 0.146. The van der Waals surface area contributed by atoms with E-state index in [0.29, 0.717) is 11.9 Å². The van der Waals surface area contributed by atoms with Gasteiger partial charge in [0, 0.05) is 36.0 Å². The van der Waals surface area contributed by atoms with Gasteiger partial charge < -0.3 is 41.5 Å². The summed E-state index contributed by atoms with van der Waals surface area (Å²) < 4.78 is 5.21. The van der Waals surface area contributed by atoms with Crippen LogP contribution >= 0.6 is 0 Å². The molecule has 2 unspecified atom stereocenters. The number of aromatic hydroxyl groups is 1.